The average Bonchev–Trinajstić information content (AvgIpc) is 3.12. The van der Waals surface area contributed by atoms with Gasteiger partial charge in [0.1, 0.15) is 29.0 Å². The number of hydrogen-bond acceptors (Lipinski definition) is 8. The summed E-state index contributed by atoms with van der Waals surface area (Å²) in [5.41, 5.74) is 1.62. The molecule has 2 aliphatic rings. The summed E-state index contributed by atoms with van der Waals surface area (Å²) >= 11 is 0. The second-order valence-electron chi connectivity index (χ2n) is 7.40. The Morgan fingerprint density at radius 3 is 2.90 bits per heavy atom. The van der Waals surface area contributed by atoms with Crippen molar-refractivity contribution in [2.75, 3.05) is 38.7 Å². The van der Waals surface area contributed by atoms with E-state index in [9.17, 15) is 8.78 Å². The molecule has 5 rings (SSSR count). The van der Waals surface area contributed by atoms with Crippen molar-refractivity contribution in [3.8, 4) is 17.1 Å². The number of methoxy groups -OCH3 is 1. The second kappa shape index (κ2) is 7.73. The second-order valence-corrected chi connectivity index (χ2v) is 7.40. The summed E-state index contributed by atoms with van der Waals surface area (Å²) in [5, 5.41) is 10.7. The van der Waals surface area contributed by atoms with Crippen LogP contribution in [0.4, 0.5) is 14.7 Å². The van der Waals surface area contributed by atoms with E-state index in [0.717, 1.165) is 11.9 Å². The summed E-state index contributed by atoms with van der Waals surface area (Å²) in [5.74, 6) is 0.246. The maximum atomic E-state index is 14.6. The molecule has 0 aromatic carbocycles. The topological polar surface area (TPSA) is 98.5 Å². The number of aromatic nitrogens is 5. The van der Waals surface area contributed by atoms with Crippen LogP contribution in [0.25, 0.3) is 17.0 Å². The summed E-state index contributed by atoms with van der Waals surface area (Å²) in [6, 6.07) is 1.27. The van der Waals surface area contributed by atoms with E-state index < -0.39 is 18.0 Å². The molecule has 3 aromatic heterocycles. The van der Waals surface area contributed by atoms with Crippen molar-refractivity contribution in [3.05, 3.63) is 30.0 Å². The number of ether oxygens (including phenoxy) is 2. The minimum absolute atomic E-state index is 0.0349. The zero-order chi connectivity index (χ0) is 20.7. The summed E-state index contributed by atoms with van der Waals surface area (Å²) in [6.07, 6.45) is 1.94. The van der Waals surface area contributed by atoms with Gasteiger partial charge in [0, 0.05) is 12.6 Å². The van der Waals surface area contributed by atoms with Crippen molar-refractivity contribution >= 4 is 11.6 Å². The van der Waals surface area contributed by atoms with Crippen LogP contribution in [0.2, 0.25) is 0 Å². The van der Waals surface area contributed by atoms with Crippen molar-refractivity contribution in [1.82, 2.24) is 29.9 Å². The minimum atomic E-state index is -1.03. The SMILES string of the molecule is COc1cc2ncc(-c3nc(N[C@H]4CNCC[C@@H]4F)ncc3F)n2nc1C1COC1. The lowest BCUT2D eigenvalue weighted by Gasteiger charge is -2.27. The Kier molecular flexibility index (Phi) is 4.91. The molecular weight excluding hydrogens is 396 g/mol. The highest BCUT2D eigenvalue weighted by Crippen LogP contribution is 2.32. The first-order chi connectivity index (χ1) is 14.6. The number of hydrogen-bond donors (Lipinski definition) is 2. The molecule has 0 unspecified atom stereocenters. The van der Waals surface area contributed by atoms with Crippen LogP contribution in [0.5, 0.6) is 5.75 Å². The van der Waals surface area contributed by atoms with Crippen LogP contribution in [0.15, 0.2) is 18.5 Å². The van der Waals surface area contributed by atoms with Gasteiger partial charge >= 0.3 is 0 Å². The number of halogens is 2. The van der Waals surface area contributed by atoms with Gasteiger partial charge in [0.15, 0.2) is 11.5 Å². The van der Waals surface area contributed by atoms with Gasteiger partial charge in [0.05, 0.1) is 44.7 Å². The molecule has 30 heavy (non-hydrogen) atoms. The van der Waals surface area contributed by atoms with Gasteiger partial charge < -0.3 is 20.1 Å². The molecule has 11 heteroatoms. The van der Waals surface area contributed by atoms with E-state index in [1.807, 2.05) is 0 Å². The molecule has 0 saturated carbocycles. The molecule has 0 bridgehead atoms. The van der Waals surface area contributed by atoms with Gasteiger partial charge in [0.25, 0.3) is 0 Å². The Morgan fingerprint density at radius 2 is 2.17 bits per heavy atom. The minimum Gasteiger partial charge on any atom is -0.495 e. The molecule has 5 heterocycles. The number of nitrogens with one attached hydrogen (secondary N) is 2. The van der Waals surface area contributed by atoms with Crippen LogP contribution < -0.4 is 15.4 Å². The first-order valence-corrected chi connectivity index (χ1v) is 9.78. The van der Waals surface area contributed by atoms with Crippen LogP contribution in [0, 0.1) is 5.82 Å². The molecule has 2 saturated heterocycles. The van der Waals surface area contributed by atoms with E-state index in [1.165, 1.54) is 10.7 Å². The summed E-state index contributed by atoms with van der Waals surface area (Å²) < 4.78 is 41.0. The van der Waals surface area contributed by atoms with E-state index in [1.54, 1.807) is 13.2 Å². The Morgan fingerprint density at radius 1 is 1.30 bits per heavy atom. The van der Waals surface area contributed by atoms with Gasteiger partial charge in [-0.05, 0) is 13.0 Å². The molecule has 0 spiro atoms. The van der Waals surface area contributed by atoms with Crippen LogP contribution in [0.3, 0.4) is 0 Å². The first kappa shape index (κ1) is 19.1. The highest BCUT2D eigenvalue weighted by atomic mass is 19.1. The van der Waals surface area contributed by atoms with Gasteiger partial charge in [0.2, 0.25) is 5.95 Å². The van der Waals surface area contributed by atoms with Crippen LogP contribution >= 0.6 is 0 Å². The van der Waals surface area contributed by atoms with Gasteiger partial charge in [-0.2, -0.15) is 5.10 Å². The van der Waals surface area contributed by atoms with E-state index in [-0.39, 0.29) is 17.6 Å². The number of anilines is 1. The fourth-order valence-electron chi connectivity index (χ4n) is 3.66. The molecule has 0 aliphatic carbocycles. The average molecular weight is 417 g/mol. The monoisotopic (exact) mass is 417 g/mol. The van der Waals surface area contributed by atoms with E-state index in [0.29, 0.717) is 49.8 Å². The number of imidazole rings is 1. The third-order valence-electron chi connectivity index (χ3n) is 5.43. The van der Waals surface area contributed by atoms with Crippen LogP contribution in [0.1, 0.15) is 18.0 Å². The molecule has 2 aliphatic heterocycles. The highest BCUT2D eigenvalue weighted by molar-refractivity contribution is 5.62. The maximum Gasteiger partial charge on any atom is 0.223 e. The molecule has 3 aromatic rings. The fraction of sp³-hybridized carbons (Fsp3) is 0.474. The summed E-state index contributed by atoms with van der Waals surface area (Å²) in [4.78, 5) is 12.6. The molecule has 9 nitrogen and oxygen atoms in total. The van der Waals surface area contributed by atoms with Crippen LogP contribution in [-0.2, 0) is 4.74 Å². The third-order valence-corrected chi connectivity index (χ3v) is 5.43. The highest BCUT2D eigenvalue weighted by Gasteiger charge is 2.28. The van der Waals surface area contributed by atoms with Gasteiger partial charge in [-0.15, -0.1) is 0 Å². The molecule has 158 valence electrons. The molecular formula is C19H21F2N7O2. The first-order valence-electron chi connectivity index (χ1n) is 9.78. The lowest BCUT2D eigenvalue weighted by molar-refractivity contribution is 0.00530. The zero-order valence-electron chi connectivity index (χ0n) is 16.3. The number of fused-ring (bicyclic) bond motifs is 1. The predicted molar refractivity (Wildman–Crippen MR) is 104 cm³/mol. The Labute approximate surface area is 170 Å². The zero-order valence-corrected chi connectivity index (χ0v) is 16.3. The third kappa shape index (κ3) is 3.33. The number of nitrogens with zero attached hydrogens (tertiary/aromatic N) is 5. The van der Waals surface area contributed by atoms with E-state index in [4.69, 9.17) is 9.47 Å². The van der Waals surface area contributed by atoms with Crippen molar-refractivity contribution < 1.29 is 18.3 Å². The number of piperidine rings is 1. The smallest absolute Gasteiger partial charge is 0.223 e. The molecule has 2 atom stereocenters. The van der Waals surface area contributed by atoms with Gasteiger partial charge in [-0.25, -0.2) is 28.2 Å². The Balaban J connectivity index is 1.53. The van der Waals surface area contributed by atoms with Crippen molar-refractivity contribution in [2.24, 2.45) is 0 Å². The molecule has 0 amide bonds. The largest absolute Gasteiger partial charge is 0.495 e. The standard InChI is InChI=1S/C19H21F2N7O2/c1-29-15-4-16-23-7-14(28(16)27-17(15)10-8-30-9-10)18-12(21)5-24-19(26-18)25-13-6-22-3-2-11(13)20/h4-5,7,10-11,13,22H,2-3,6,8-9H2,1H3,(H,24,25,26)/t11-,13-/m0/s1. The Hall–Kier alpha value is -2.92. The lowest BCUT2D eigenvalue weighted by atomic mass is 10.0. The van der Waals surface area contributed by atoms with E-state index in [2.05, 4.69) is 30.7 Å². The normalized spacial score (nSPS) is 22.1. The van der Waals surface area contributed by atoms with Crippen molar-refractivity contribution in [3.63, 3.8) is 0 Å². The van der Waals surface area contributed by atoms with Gasteiger partial charge in [-0.3, -0.25) is 0 Å². The Bertz CT molecular complexity index is 1070. The lowest BCUT2D eigenvalue weighted by Crippen LogP contribution is -2.46. The van der Waals surface area contributed by atoms with Crippen molar-refractivity contribution in [2.45, 2.75) is 24.6 Å². The van der Waals surface area contributed by atoms with E-state index >= 15 is 0 Å². The maximum absolute atomic E-state index is 14.6. The quantitative estimate of drug-likeness (QED) is 0.646. The van der Waals surface area contributed by atoms with Crippen LogP contribution in [-0.4, -0.2) is 70.2 Å². The summed E-state index contributed by atoms with van der Waals surface area (Å²) in [7, 11) is 1.57. The predicted octanol–water partition coefficient (Wildman–Crippen LogP) is 1.56. The summed E-state index contributed by atoms with van der Waals surface area (Å²) in [6.45, 7) is 2.17. The van der Waals surface area contributed by atoms with Crippen molar-refractivity contribution in [1.29, 1.82) is 0 Å². The molecule has 0 radical (unpaired) electrons. The fourth-order valence-corrected chi connectivity index (χ4v) is 3.66. The number of rotatable bonds is 5. The molecule has 2 fully saturated rings. The molecule has 2 N–H and O–H groups in total. The number of alkyl halides is 1. The van der Waals surface area contributed by atoms with Gasteiger partial charge in [-0.1, -0.05) is 0 Å².